The zero-order valence-corrected chi connectivity index (χ0v) is 11.3. The Bertz CT molecular complexity index is 546. The molecule has 2 rings (SSSR count). The van der Waals surface area contributed by atoms with Gasteiger partial charge in [0.25, 0.3) is 0 Å². The lowest BCUT2D eigenvalue weighted by Crippen LogP contribution is -2.21. The van der Waals surface area contributed by atoms with E-state index >= 15 is 0 Å². The lowest BCUT2D eigenvalue weighted by atomic mass is 10.3. The second-order valence-corrected chi connectivity index (χ2v) is 4.24. The second kappa shape index (κ2) is 5.64. The van der Waals surface area contributed by atoms with Crippen LogP contribution in [0.4, 0.5) is 0 Å². The summed E-state index contributed by atoms with van der Waals surface area (Å²) in [7, 11) is 0. The van der Waals surface area contributed by atoms with Crippen molar-refractivity contribution in [3.05, 3.63) is 30.1 Å². The number of carbonyl (C=O) groups is 1. The van der Waals surface area contributed by atoms with Crippen LogP contribution < -0.4 is 0 Å². The number of aromatic nitrogens is 5. The normalized spacial score (nSPS) is 12.4. The van der Waals surface area contributed by atoms with Gasteiger partial charge in [0, 0.05) is 12.4 Å². The molecule has 0 aromatic carbocycles. The highest BCUT2D eigenvalue weighted by atomic mass is 16.5. The van der Waals surface area contributed by atoms with Crippen molar-refractivity contribution in [1.82, 2.24) is 24.5 Å². The average molecular weight is 263 g/mol. The van der Waals surface area contributed by atoms with E-state index in [0.717, 1.165) is 0 Å². The molecule has 0 aliphatic rings. The topological polar surface area (TPSA) is 74.8 Å². The maximum Gasteiger partial charge on any atom is 0.376 e. The predicted molar refractivity (Wildman–Crippen MR) is 67.7 cm³/mol. The molecule has 7 heteroatoms. The molecule has 0 saturated heterocycles. The molecule has 0 saturated carbocycles. The molecule has 2 aromatic heterocycles. The van der Waals surface area contributed by atoms with Crippen molar-refractivity contribution in [1.29, 1.82) is 0 Å². The molecule has 1 atom stereocenters. The highest BCUT2D eigenvalue weighted by Crippen LogP contribution is 2.14. The predicted octanol–water partition coefficient (Wildman–Crippen LogP) is 1.22. The molecule has 0 radical (unpaired) electrons. The number of hydrogen-bond acceptors (Lipinski definition) is 5. The molecule has 0 aliphatic carbocycles. The van der Waals surface area contributed by atoms with E-state index in [9.17, 15) is 4.79 Å². The summed E-state index contributed by atoms with van der Waals surface area (Å²) in [5, 5.41) is 12.0. The van der Waals surface area contributed by atoms with Gasteiger partial charge in [-0.15, -0.1) is 10.2 Å². The average Bonchev–Trinajstić information content (AvgIpc) is 2.98. The molecule has 0 spiro atoms. The maximum absolute atomic E-state index is 11.8. The fourth-order valence-electron chi connectivity index (χ4n) is 1.99. The third-order valence-electron chi connectivity index (χ3n) is 2.78. The first kappa shape index (κ1) is 13.3. The Kier molecular flexibility index (Phi) is 3.94. The van der Waals surface area contributed by atoms with E-state index in [1.165, 1.54) is 0 Å². The van der Waals surface area contributed by atoms with Crippen LogP contribution in [0.15, 0.2) is 18.5 Å². The van der Waals surface area contributed by atoms with Crippen molar-refractivity contribution in [2.24, 2.45) is 0 Å². The first-order chi connectivity index (χ1) is 9.13. The van der Waals surface area contributed by atoms with Gasteiger partial charge in [0.05, 0.1) is 19.2 Å². The summed E-state index contributed by atoms with van der Waals surface area (Å²) >= 11 is 0. The minimum atomic E-state index is -0.449. The molecule has 19 heavy (non-hydrogen) atoms. The number of hydrogen-bond donors (Lipinski definition) is 0. The smallest absolute Gasteiger partial charge is 0.376 e. The van der Waals surface area contributed by atoms with Crippen molar-refractivity contribution < 1.29 is 9.53 Å². The Balaban J connectivity index is 2.23. The molecule has 2 aromatic rings. The Labute approximate surface area is 111 Å². The van der Waals surface area contributed by atoms with Crippen LogP contribution in [0, 0.1) is 6.92 Å². The second-order valence-electron chi connectivity index (χ2n) is 4.24. The molecule has 7 nitrogen and oxygen atoms in total. The van der Waals surface area contributed by atoms with Crippen molar-refractivity contribution in [2.75, 3.05) is 6.61 Å². The largest absolute Gasteiger partial charge is 0.460 e. The van der Waals surface area contributed by atoms with Gasteiger partial charge >= 0.3 is 5.97 Å². The Hall–Kier alpha value is -2.18. The van der Waals surface area contributed by atoms with Gasteiger partial charge in [-0.2, -0.15) is 5.10 Å². The van der Waals surface area contributed by atoms with E-state index < -0.39 is 5.97 Å². The fraction of sp³-hybridized carbons (Fsp3) is 0.500. The molecule has 0 N–H and O–H groups in total. The molecule has 102 valence electrons. The molecule has 0 bridgehead atoms. The van der Waals surface area contributed by atoms with E-state index in [1.54, 1.807) is 22.4 Å². The Morgan fingerprint density at radius 2 is 2.26 bits per heavy atom. The highest BCUT2D eigenvalue weighted by molar-refractivity contribution is 5.85. The zero-order chi connectivity index (χ0) is 13.8. The lowest BCUT2D eigenvalue weighted by Gasteiger charge is -2.16. The van der Waals surface area contributed by atoms with Gasteiger partial charge in [-0.3, -0.25) is 4.68 Å². The third-order valence-corrected chi connectivity index (χ3v) is 2.78. The third kappa shape index (κ3) is 2.81. The standard InChI is InChI=1S/C12H17N5O2/c1-4-19-12(18)11-15-14-10(3)17(11)9(2)8-16-7-5-6-13-16/h5-7,9H,4,8H2,1-3H3. The van der Waals surface area contributed by atoms with Crippen molar-refractivity contribution in [3.63, 3.8) is 0 Å². The van der Waals surface area contributed by atoms with Crippen LogP contribution in [0.3, 0.4) is 0 Å². The zero-order valence-electron chi connectivity index (χ0n) is 11.3. The summed E-state index contributed by atoms with van der Waals surface area (Å²) in [6.45, 7) is 6.52. The van der Waals surface area contributed by atoms with Gasteiger partial charge in [-0.1, -0.05) is 0 Å². The number of carbonyl (C=O) groups excluding carboxylic acids is 1. The number of aryl methyl sites for hydroxylation is 1. The van der Waals surface area contributed by atoms with E-state index in [0.29, 0.717) is 19.0 Å². The van der Waals surface area contributed by atoms with Crippen LogP contribution in [0.1, 0.15) is 36.3 Å². The first-order valence-corrected chi connectivity index (χ1v) is 6.19. The van der Waals surface area contributed by atoms with Crippen LogP contribution in [-0.2, 0) is 11.3 Å². The van der Waals surface area contributed by atoms with E-state index in [-0.39, 0.29) is 11.9 Å². The maximum atomic E-state index is 11.8. The lowest BCUT2D eigenvalue weighted by molar-refractivity contribution is 0.0502. The number of esters is 1. The van der Waals surface area contributed by atoms with E-state index in [2.05, 4.69) is 15.3 Å². The van der Waals surface area contributed by atoms with Gasteiger partial charge in [-0.05, 0) is 26.8 Å². The fourth-order valence-corrected chi connectivity index (χ4v) is 1.99. The summed E-state index contributed by atoms with van der Waals surface area (Å²) in [5.74, 6) is 0.470. The molecular weight excluding hydrogens is 246 g/mol. The number of nitrogens with zero attached hydrogens (tertiary/aromatic N) is 5. The SMILES string of the molecule is CCOC(=O)c1nnc(C)n1C(C)Cn1cccn1. The van der Waals surface area contributed by atoms with Crippen LogP contribution in [0.2, 0.25) is 0 Å². The number of rotatable bonds is 5. The summed E-state index contributed by atoms with van der Waals surface area (Å²) in [4.78, 5) is 11.8. The summed E-state index contributed by atoms with van der Waals surface area (Å²) < 4.78 is 8.56. The molecule has 2 heterocycles. The summed E-state index contributed by atoms with van der Waals surface area (Å²) in [6, 6.07) is 1.87. The van der Waals surface area contributed by atoms with Crippen molar-refractivity contribution in [2.45, 2.75) is 33.4 Å². The minimum absolute atomic E-state index is 0.00862. The van der Waals surface area contributed by atoms with Crippen LogP contribution in [-0.4, -0.2) is 37.1 Å². The van der Waals surface area contributed by atoms with E-state index in [1.807, 2.05) is 26.1 Å². The van der Waals surface area contributed by atoms with E-state index in [4.69, 9.17) is 4.74 Å². The van der Waals surface area contributed by atoms with Crippen LogP contribution in [0.25, 0.3) is 0 Å². The molecule has 0 aliphatic heterocycles. The summed E-state index contributed by atoms with van der Waals surface area (Å²) in [6.07, 6.45) is 3.60. The molecule has 1 unspecified atom stereocenters. The van der Waals surface area contributed by atoms with Gasteiger partial charge in [0.2, 0.25) is 5.82 Å². The molecular formula is C12H17N5O2. The molecule has 0 amide bonds. The summed E-state index contributed by atoms with van der Waals surface area (Å²) in [5.41, 5.74) is 0. The van der Waals surface area contributed by atoms with Gasteiger partial charge < -0.3 is 9.30 Å². The van der Waals surface area contributed by atoms with Gasteiger partial charge in [0.1, 0.15) is 5.82 Å². The quantitative estimate of drug-likeness (QED) is 0.758. The van der Waals surface area contributed by atoms with Crippen LogP contribution >= 0.6 is 0 Å². The monoisotopic (exact) mass is 263 g/mol. The van der Waals surface area contributed by atoms with Crippen molar-refractivity contribution in [3.8, 4) is 0 Å². The molecule has 0 fully saturated rings. The number of ether oxygens (including phenoxy) is 1. The highest BCUT2D eigenvalue weighted by Gasteiger charge is 2.21. The van der Waals surface area contributed by atoms with Crippen LogP contribution in [0.5, 0.6) is 0 Å². The Morgan fingerprint density at radius 1 is 1.47 bits per heavy atom. The van der Waals surface area contributed by atoms with Gasteiger partial charge in [-0.25, -0.2) is 4.79 Å². The Morgan fingerprint density at radius 3 is 2.89 bits per heavy atom. The first-order valence-electron chi connectivity index (χ1n) is 6.19. The van der Waals surface area contributed by atoms with Gasteiger partial charge in [0.15, 0.2) is 0 Å². The minimum Gasteiger partial charge on any atom is -0.460 e. The van der Waals surface area contributed by atoms with Crippen molar-refractivity contribution >= 4 is 5.97 Å².